The Morgan fingerprint density at radius 2 is 2.26 bits per heavy atom. The molecule has 1 heterocycles. The molecule has 96 valence electrons. The summed E-state index contributed by atoms with van der Waals surface area (Å²) in [5.41, 5.74) is 0.686. The van der Waals surface area contributed by atoms with Gasteiger partial charge in [0.2, 0.25) is 0 Å². The molecule has 0 saturated carbocycles. The first-order valence-electron chi connectivity index (χ1n) is 5.80. The molecule has 0 saturated heterocycles. The van der Waals surface area contributed by atoms with E-state index in [1.165, 1.54) is 18.3 Å². The van der Waals surface area contributed by atoms with Crippen LogP contribution in [0.2, 0.25) is 0 Å². The molecule has 0 amide bonds. The van der Waals surface area contributed by atoms with Crippen LogP contribution < -0.4 is 10.1 Å². The lowest BCUT2D eigenvalue weighted by molar-refractivity contribution is 0.472. The van der Waals surface area contributed by atoms with Gasteiger partial charge in [-0.15, -0.1) is 0 Å². The van der Waals surface area contributed by atoms with Gasteiger partial charge in [0.25, 0.3) is 0 Å². The Kier molecular flexibility index (Phi) is 3.94. The van der Waals surface area contributed by atoms with E-state index in [4.69, 9.17) is 10.00 Å². The van der Waals surface area contributed by atoms with Crippen molar-refractivity contribution in [2.45, 2.75) is 6.92 Å². The molecule has 4 nitrogen and oxygen atoms in total. The SMILES string of the molecule is CCNc1cncc(Oc2cccc(F)c2C#N)c1. The molecule has 1 N–H and O–H groups in total. The number of nitriles is 1. The molecule has 2 rings (SSSR count). The van der Waals surface area contributed by atoms with Crippen LogP contribution in [0.15, 0.2) is 36.7 Å². The fourth-order valence-electron chi connectivity index (χ4n) is 1.60. The van der Waals surface area contributed by atoms with Crippen molar-refractivity contribution >= 4 is 5.69 Å². The number of nitrogens with one attached hydrogen (secondary N) is 1. The predicted octanol–water partition coefficient (Wildman–Crippen LogP) is 3.32. The van der Waals surface area contributed by atoms with Crippen LogP contribution in [-0.2, 0) is 0 Å². The number of halogens is 1. The van der Waals surface area contributed by atoms with Gasteiger partial charge in [0.05, 0.1) is 18.1 Å². The fraction of sp³-hybridized carbons (Fsp3) is 0.143. The van der Waals surface area contributed by atoms with Crippen molar-refractivity contribution < 1.29 is 9.13 Å². The van der Waals surface area contributed by atoms with E-state index in [0.717, 1.165) is 12.2 Å². The maximum absolute atomic E-state index is 13.4. The normalized spacial score (nSPS) is 9.74. The Hall–Kier alpha value is -2.61. The van der Waals surface area contributed by atoms with Crippen LogP contribution in [0.4, 0.5) is 10.1 Å². The zero-order valence-electron chi connectivity index (χ0n) is 10.4. The quantitative estimate of drug-likeness (QED) is 0.912. The van der Waals surface area contributed by atoms with Crippen LogP contribution in [0, 0.1) is 17.1 Å². The van der Waals surface area contributed by atoms with E-state index in [0.29, 0.717) is 5.75 Å². The number of anilines is 1. The summed E-state index contributed by atoms with van der Waals surface area (Å²) in [5, 5.41) is 12.0. The minimum Gasteiger partial charge on any atom is -0.454 e. The molecule has 0 atom stereocenters. The molecule has 0 radical (unpaired) electrons. The van der Waals surface area contributed by atoms with E-state index >= 15 is 0 Å². The number of rotatable bonds is 4. The summed E-state index contributed by atoms with van der Waals surface area (Å²) in [6.07, 6.45) is 3.17. The minimum absolute atomic E-state index is 0.114. The highest BCUT2D eigenvalue weighted by molar-refractivity contribution is 5.49. The molecule has 0 aliphatic heterocycles. The highest BCUT2D eigenvalue weighted by Gasteiger charge is 2.10. The number of aromatic nitrogens is 1. The number of pyridine rings is 1. The molecular formula is C14H12FN3O. The third-order valence-electron chi connectivity index (χ3n) is 2.41. The Balaban J connectivity index is 2.29. The lowest BCUT2D eigenvalue weighted by Gasteiger charge is -2.09. The Labute approximate surface area is 110 Å². The molecule has 2 aromatic rings. The zero-order valence-corrected chi connectivity index (χ0v) is 10.4. The second kappa shape index (κ2) is 5.83. The van der Waals surface area contributed by atoms with Crippen molar-refractivity contribution in [3.63, 3.8) is 0 Å². The van der Waals surface area contributed by atoms with Crippen LogP contribution >= 0.6 is 0 Å². The van der Waals surface area contributed by atoms with Crippen molar-refractivity contribution in [2.75, 3.05) is 11.9 Å². The molecular weight excluding hydrogens is 245 g/mol. The maximum atomic E-state index is 13.4. The highest BCUT2D eigenvalue weighted by Crippen LogP contribution is 2.27. The summed E-state index contributed by atoms with van der Waals surface area (Å²) in [7, 11) is 0. The summed E-state index contributed by atoms with van der Waals surface area (Å²) in [5.74, 6) is 0.0225. The van der Waals surface area contributed by atoms with E-state index in [9.17, 15) is 4.39 Å². The maximum Gasteiger partial charge on any atom is 0.148 e. The van der Waals surface area contributed by atoms with Crippen molar-refractivity contribution in [3.8, 4) is 17.6 Å². The van der Waals surface area contributed by atoms with Gasteiger partial charge in [0, 0.05) is 12.6 Å². The summed E-state index contributed by atoms with van der Waals surface area (Å²) in [6, 6.07) is 7.78. The first-order valence-corrected chi connectivity index (χ1v) is 5.80. The summed E-state index contributed by atoms with van der Waals surface area (Å²) in [6.45, 7) is 2.72. The second-order valence-corrected chi connectivity index (χ2v) is 3.77. The topological polar surface area (TPSA) is 57.9 Å². The summed E-state index contributed by atoms with van der Waals surface area (Å²) < 4.78 is 18.9. The number of hydrogen-bond acceptors (Lipinski definition) is 4. The van der Waals surface area contributed by atoms with Gasteiger partial charge in [0.15, 0.2) is 0 Å². The standard InChI is InChI=1S/C14H12FN3O/c1-2-18-10-6-11(9-17-8-10)19-14-5-3-4-13(15)12(14)7-16/h3-6,8-9,18H,2H2,1H3. The first-order chi connectivity index (χ1) is 9.24. The number of hydrogen-bond donors (Lipinski definition) is 1. The van der Waals surface area contributed by atoms with E-state index in [1.807, 2.05) is 6.92 Å². The van der Waals surface area contributed by atoms with E-state index in [1.54, 1.807) is 24.4 Å². The molecule has 1 aromatic heterocycles. The average Bonchev–Trinajstić information content (AvgIpc) is 2.40. The van der Waals surface area contributed by atoms with E-state index < -0.39 is 5.82 Å². The highest BCUT2D eigenvalue weighted by atomic mass is 19.1. The number of nitrogens with zero attached hydrogens (tertiary/aromatic N) is 2. The fourth-order valence-corrected chi connectivity index (χ4v) is 1.60. The predicted molar refractivity (Wildman–Crippen MR) is 69.6 cm³/mol. The van der Waals surface area contributed by atoms with E-state index in [-0.39, 0.29) is 11.3 Å². The van der Waals surface area contributed by atoms with Crippen LogP contribution in [-0.4, -0.2) is 11.5 Å². The lowest BCUT2D eigenvalue weighted by atomic mass is 10.2. The van der Waals surface area contributed by atoms with E-state index in [2.05, 4.69) is 10.3 Å². The molecule has 0 aliphatic carbocycles. The van der Waals surface area contributed by atoms with Gasteiger partial charge in [-0.2, -0.15) is 5.26 Å². The molecule has 0 bridgehead atoms. The Morgan fingerprint density at radius 3 is 3.00 bits per heavy atom. The molecule has 0 fully saturated rings. The Morgan fingerprint density at radius 1 is 1.42 bits per heavy atom. The van der Waals surface area contributed by atoms with Gasteiger partial charge in [-0.3, -0.25) is 4.98 Å². The van der Waals surface area contributed by atoms with Gasteiger partial charge in [-0.1, -0.05) is 6.07 Å². The van der Waals surface area contributed by atoms with Crippen LogP contribution in [0.3, 0.4) is 0 Å². The molecule has 1 aromatic carbocycles. The van der Waals surface area contributed by atoms with Gasteiger partial charge in [-0.25, -0.2) is 4.39 Å². The number of ether oxygens (including phenoxy) is 1. The minimum atomic E-state index is -0.601. The summed E-state index contributed by atoms with van der Waals surface area (Å²) in [4.78, 5) is 4.01. The second-order valence-electron chi connectivity index (χ2n) is 3.77. The third-order valence-corrected chi connectivity index (χ3v) is 2.41. The van der Waals surface area contributed by atoms with Crippen LogP contribution in [0.1, 0.15) is 12.5 Å². The monoisotopic (exact) mass is 257 g/mol. The van der Waals surface area contributed by atoms with Crippen LogP contribution in [0.5, 0.6) is 11.5 Å². The van der Waals surface area contributed by atoms with Crippen molar-refractivity contribution in [2.24, 2.45) is 0 Å². The van der Waals surface area contributed by atoms with Crippen molar-refractivity contribution in [3.05, 3.63) is 48.0 Å². The van der Waals surface area contributed by atoms with Gasteiger partial charge in [0.1, 0.15) is 28.9 Å². The summed E-state index contributed by atoms with van der Waals surface area (Å²) >= 11 is 0. The first kappa shape index (κ1) is 12.8. The zero-order chi connectivity index (χ0) is 13.7. The van der Waals surface area contributed by atoms with Gasteiger partial charge < -0.3 is 10.1 Å². The smallest absolute Gasteiger partial charge is 0.148 e. The van der Waals surface area contributed by atoms with Gasteiger partial charge >= 0.3 is 0 Å². The Bertz CT molecular complexity index is 622. The molecule has 5 heteroatoms. The molecule has 0 aliphatic rings. The van der Waals surface area contributed by atoms with Crippen LogP contribution in [0.25, 0.3) is 0 Å². The largest absolute Gasteiger partial charge is 0.454 e. The van der Waals surface area contributed by atoms with Crippen molar-refractivity contribution in [1.82, 2.24) is 4.98 Å². The van der Waals surface area contributed by atoms with Crippen molar-refractivity contribution in [1.29, 1.82) is 5.26 Å². The molecule has 19 heavy (non-hydrogen) atoms. The third kappa shape index (κ3) is 2.99. The average molecular weight is 257 g/mol. The molecule has 0 unspecified atom stereocenters. The molecule has 0 spiro atoms. The number of benzene rings is 1. The lowest BCUT2D eigenvalue weighted by Crippen LogP contribution is -1.98. The van der Waals surface area contributed by atoms with Gasteiger partial charge in [-0.05, 0) is 19.1 Å².